The Labute approximate surface area is 187 Å². The van der Waals surface area contributed by atoms with E-state index in [4.69, 9.17) is 14.0 Å². The summed E-state index contributed by atoms with van der Waals surface area (Å²) in [5.41, 5.74) is 4.06. The van der Waals surface area contributed by atoms with Gasteiger partial charge in [-0.25, -0.2) is 4.79 Å². The zero-order chi connectivity index (χ0) is 22.8. The average molecular weight is 442 g/mol. The molecule has 2 aliphatic heterocycles. The smallest absolute Gasteiger partial charge is 0.416 e. The maximum absolute atomic E-state index is 13.3. The number of carbonyl (C=O) groups excluding carboxylic acids is 1. The van der Waals surface area contributed by atoms with Crippen molar-refractivity contribution >= 4 is 17.5 Å². The van der Waals surface area contributed by atoms with Crippen LogP contribution in [0.25, 0.3) is 11.1 Å². The third-order valence-electron chi connectivity index (χ3n) is 6.36. The summed E-state index contributed by atoms with van der Waals surface area (Å²) in [6.45, 7) is 10.0. The Hall–Kier alpha value is -2.58. The highest BCUT2D eigenvalue weighted by atomic mass is 16.6. The number of hydrogen-bond donors (Lipinski definition) is 2. The third kappa shape index (κ3) is 3.65. The molecular weight excluding hydrogens is 410 g/mol. The van der Waals surface area contributed by atoms with E-state index in [1.165, 1.54) is 0 Å². The number of anilines is 2. The molecule has 3 heterocycles. The van der Waals surface area contributed by atoms with Crippen molar-refractivity contribution in [3.63, 3.8) is 0 Å². The van der Waals surface area contributed by atoms with Gasteiger partial charge in [-0.2, -0.15) is 0 Å². The van der Waals surface area contributed by atoms with Gasteiger partial charge in [0.1, 0.15) is 23.6 Å². The zero-order valence-corrected chi connectivity index (χ0v) is 19.3. The number of rotatable bonds is 4. The molecule has 3 atom stereocenters. The van der Waals surface area contributed by atoms with Gasteiger partial charge in [-0.1, -0.05) is 5.16 Å². The maximum Gasteiger partial charge on any atom is 0.416 e. The van der Waals surface area contributed by atoms with Crippen molar-refractivity contribution in [3.05, 3.63) is 29.2 Å². The van der Waals surface area contributed by atoms with Crippen LogP contribution in [0.2, 0.25) is 0 Å². The Morgan fingerprint density at radius 2 is 2.00 bits per heavy atom. The number of fused-ring (bicyclic) bond motifs is 1. The lowest BCUT2D eigenvalue weighted by atomic mass is 9.93. The first kappa shape index (κ1) is 21.3. The Bertz CT molecular complexity index is 1030. The normalized spacial score (nSPS) is 23.4. The molecule has 0 bridgehead atoms. The molecule has 1 saturated heterocycles. The van der Waals surface area contributed by atoms with Crippen molar-refractivity contribution in [1.82, 2.24) is 5.16 Å². The summed E-state index contributed by atoms with van der Waals surface area (Å²) in [4.78, 5) is 15.0. The molecule has 1 amide bonds. The van der Waals surface area contributed by atoms with E-state index in [1.807, 2.05) is 46.8 Å². The Morgan fingerprint density at radius 1 is 1.28 bits per heavy atom. The predicted octanol–water partition coefficient (Wildman–Crippen LogP) is 4.68. The van der Waals surface area contributed by atoms with Gasteiger partial charge < -0.3 is 24.4 Å². The van der Waals surface area contributed by atoms with Gasteiger partial charge >= 0.3 is 6.09 Å². The van der Waals surface area contributed by atoms with Crippen LogP contribution >= 0.6 is 0 Å². The van der Waals surface area contributed by atoms with Gasteiger partial charge in [0.2, 0.25) is 0 Å². The molecule has 0 spiro atoms. The summed E-state index contributed by atoms with van der Waals surface area (Å²) in [5.74, 6) is 1.04. The largest absolute Gasteiger partial charge is 0.443 e. The molecule has 1 saturated carbocycles. The summed E-state index contributed by atoms with van der Waals surface area (Å²) in [6, 6.07) is 3.94. The van der Waals surface area contributed by atoms with E-state index in [0.717, 1.165) is 47.3 Å². The second-order valence-electron chi connectivity index (χ2n) is 10.1. The van der Waals surface area contributed by atoms with Crippen LogP contribution in [0.3, 0.4) is 0 Å². The van der Waals surface area contributed by atoms with Crippen molar-refractivity contribution in [2.24, 2.45) is 5.92 Å². The minimum absolute atomic E-state index is 0.201. The summed E-state index contributed by atoms with van der Waals surface area (Å²) >= 11 is 0. The fourth-order valence-electron chi connectivity index (χ4n) is 4.60. The van der Waals surface area contributed by atoms with Gasteiger partial charge in [-0.3, -0.25) is 4.90 Å². The molecule has 1 aromatic carbocycles. The lowest BCUT2D eigenvalue weighted by molar-refractivity contribution is -0.118. The van der Waals surface area contributed by atoms with Crippen molar-refractivity contribution < 1.29 is 23.9 Å². The Morgan fingerprint density at radius 3 is 2.53 bits per heavy atom. The van der Waals surface area contributed by atoms with E-state index < -0.39 is 17.8 Å². The van der Waals surface area contributed by atoms with Crippen LogP contribution in [0, 0.1) is 19.8 Å². The van der Waals surface area contributed by atoms with Crippen molar-refractivity contribution in [1.29, 1.82) is 0 Å². The number of carbonyl (C=O) groups is 1. The highest BCUT2D eigenvalue weighted by Crippen LogP contribution is 2.50. The molecule has 8 heteroatoms. The molecule has 2 N–H and O–H groups in total. The predicted molar refractivity (Wildman–Crippen MR) is 120 cm³/mol. The molecule has 2 aromatic rings. The minimum Gasteiger partial charge on any atom is -0.443 e. The Balaban J connectivity index is 1.65. The van der Waals surface area contributed by atoms with Crippen LogP contribution in [0.1, 0.15) is 63.2 Å². The molecule has 0 radical (unpaired) electrons. The molecule has 1 aromatic heterocycles. The molecule has 8 nitrogen and oxygen atoms in total. The number of ether oxygens (including phenoxy) is 2. The number of benzene rings is 1. The number of nitrogens with one attached hydrogen (secondary N) is 1. The van der Waals surface area contributed by atoms with Gasteiger partial charge in [-0.15, -0.1) is 0 Å². The van der Waals surface area contributed by atoms with Crippen LogP contribution in [0.5, 0.6) is 0 Å². The monoisotopic (exact) mass is 441 g/mol. The quantitative estimate of drug-likeness (QED) is 0.711. The van der Waals surface area contributed by atoms with Crippen LogP contribution in [-0.2, 0) is 9.47 Å². The van der Waals surface area contributed by atoms with E-state index in [-0.39, 0.29) is 12.3 Å². The first-order chi connectivity index (χ1) is 15.1. The van der Waals surface area contributed by atoms with Gasteiger partial charge in [-0.05, 0) is 77.5 Å². The molecule has 32 heavy (non-hydrogen) atoms. The van der Waals surface area contributed by atoms with Crippen molar-refractivity contribution in [2.75, 3.05) is 16.8 Å². The molecule has 3 aliphatic rings. The summed E-state index contributed by atoms with van der Waals surface area (Å²) in [7, 11) is 0. The van der Waals surface area contributed by atoms with E-state index >= 15 is 0 Å². The van der Waals surface area contributed by atoms with E-state index in [9.17, 15) is 9.90 Å². The number of amides is 1. The van der Waals surface area contributed by atoms with Gasteiger partial charge in [0.05, 0.1) is 23.2 Å². The van der Waals surface area contributed by atoms with Crippen molar-refractivity contribution in [3.8, 4) is 11.1 Å². The SMILES string of the molecule is Cc1noc(C)c1-c1cc(C(O)C2CCO2)c2c(c1)N(C(=O)OC(C)(C)C)C(C1CC1)N2. The molecular formula is C24H31N3O5. The first-order valence-electron chi connectivity index (χ1n) is 11.3. The molecule has 3 unspecified atom stereocenters. The summed E-state index contributed by atoms with van der Waals surface area (Å²) in [6.07, 6.45) is 1.24. The molecule has 172 valence electrons. The van der Waals surface area contributed by atoms with E-state index in [1.54, 1.807) is 4.90 Å². The first-order valence-corrected chi connectivity index (χ1v) is 11.3. The summed E-state index contributed by atoms with van der Waals surface area (Å²) < 4.78 is 16.8. The lowest BCUT2D eigenvalue weighted by Crippen LogP contribution is -2.44. The highest BCUT2D eigenvalue weighted by Gasteiger charge is 2.46. The lowest BCUT2D eigenvalue weighted by Gasteiger charge is -2.32. The molecule has 2 fully saturated rings. The average Bonchev–Trinajstić information content (AvgIpc) is 3.35. The number of aryl methyl sites for hydroxylation is 2. The number of aliphatic hydroxyl groups excluding tert-OH is 1. The molecule has 5 rings (SSSR count). The van der Waals surface area contributed by atoms with Gasteiger partial charge in [0, 0.05) is 17.7 Å². The molecule has 1 aliphatic carbocycles. The fraction of sp³-hybridized carbons (Fsp3) is 0.583. The Kier molecular flexibility index (Phi) is 4.98. The third-order valence-corrected chi connectivity index (χ3v) is 6.36. The van der Waals surface area contributed by atoms with E-state index in [2.05, 4.69) is 10.5 Å². The highest BCUT2D eigenvalue weighted by molar-refractivity contribution is 5.99. The standard InChI is InChI=1S/C24H31N3O5/c1-12-19(13(2)32-26-12)15-10-16(21(28)18-8-9-30-18)20-17(11-15)27(22(25-20)14-6-7-14)23(29)31-24(3,4)5/h10-11,14,18,21-22,25,28H,6-9H2,1-5H3. The fourth-order valence-corrected chi connectivity index (χ4v) is 4.60. The van der Waals surface area contributed by atoms with Gasteiger partial charge in [0.25, 0.3) is 0 Å². The van der Waals surface area contributed by atoms with E-state index in [0.29, 0.717) is 24.0 Å². The van der Waals surface area contributed by atoms with Crippen LogP contribution in [-0.4, -0.2) is 40.8 Å². The van der Waals surface area contributed by atoms with Crippen LogP contribution in [0.4, 0.5) is 16.2 Å². The van der Waals surface area contributed by atoms with Crippen LogP contribution in [0.15, 0.2) is 16.7 Å². The topological polar surface area (TPSA) is 97.1 Å². The summed E-state index contributed by atoms with van der Waals surface area (Å²) in [5, 5.41) is 18.8. The van der Waals surface area contributed by atoms with Gasteiger partial charge in [0.15, 0.2) is 0 Å². The second kappa shape index (κ2) is 7.49. The number of aromatic nitrogens is 1. The second-order valence-corrected chi connectivity index (χ2v) is 10.1. The van der Waals surface area contributed by atoms with Crippen molar-refractivity contribution in [2.45, 2.75) is 77.9 Å². The zero-order valence-electron chi connectivity index (χ0n) is 19.3. The number of hydrogen-bond acceptors (Lipinski definition) is 7. The minimum atomic E-state index is -0.802. The number of nitrogens with zero attached hydrogens (tertiary/aromatic N) is 2. The maximum atomic E-state index is 13.3. The van der Waals surface area contributed by atoms with Crippen LogP contribution < -0.4 is 10.2 Å². The number of aliphatic hydroxyl groups is 1.